The summed E-state index contributed by atoms with van der Waals surface area (Å²) in [5.41, 5.74) is 1.96. The van der Waals surface area contributed by atoms with E-state index >= 15 is 0 Å². The average molecular weight is 460 g/mol. The van der Waals surface area contributed by atoms with E-state index in [0.717, 1.165) is 12.1 Å². The number of anilines is 3. The van der Waals surface area contributed by atoms with Crippen molar-refractivity contribution in [3.8, 4) is 0 Å². The van der Waals surface area contributed by atoms with Crippen molar-refractivity contribution in [2.24, 2.45) is 5.92 Å². The second kappa shape index (κ2) is 8.68. The molecule has 1 aliphatic rings. The molecule has 0 aliphatic carbocycles. The first kappa shape index (κ1) is 22.5. The highest BCUT2D eigenvalue weighted by Crippen LogP contribution is 2.34. The molecular formula is C21H23F3N8O. The van der Waals surface area contributed by atoms with E-state index in [0.29, 0.717) is 28.8 Å². The minimum atomic E-state index is -1.51. The van der Waals surface area contributed by atoms with Crippen LogP contribution in [-0.4, -0.2) is 44.0 Å². The standard InChI is InChI=1S/C21H23F3N8O/c1-10(2)18-20(33)27-17-11(3)26-21(28-19(17)31(18)4)25-7-13-9-32(30-29-13)8-12-5-14(22)16(24)15(23)6-12/h5-6,9-10,18H,7-8H2,1-4H3,(H,27,33)(H,25,26,28). The van der Waals surface area contributed by atoms with Gasteiger partial charge in [0, 0.05) is 7.05 Å². The minimum absolute atomic E-state index is 0.0245. The number of amides is 1. The summed E-state index contributed by atoms with van der Waals surface area (Å²) >= 11 is 0. The highest BCUT2D eigenvalue weighted by molar-refractivity contribution is 6.03. The number of hydrogen-bond acceptors (Lipinski definition) is 7. The van der Waals surface area contributed by atoms with Gasteiger partial charge in [-0.25, -0.2) is 22.8 Å². The lowest BCUT2D eigenvalue weighted by molar-refractivity contribution is -0.118. The predicted octanol–water partition coefficient (Wildman–Crippen LogP) is 2.87. The molecule has 3 heterocycles. The zero-order valence-corrected chi connectivity index (χ0v) is 18.5. The van der Waals surface area contributed by atoms with Crippen molar-refractivity contribution in [3.05, 3.63) is 52.7 Å². The zero-order chi connectivity index (χ0) is 23.9. The van der Waals surface area contributed by atoms with Crippen molar-refractivity contribution >= 4 is 23.4 Å². The number of aryl methyl sites for hydroxylation is 1. The van der Waals surface area contributed by atoms with Crippen molar-refractivity contribution in [1.82, 2.24) is 25.0 Å². The number of fused-ring (bicyclic) bond motifs is 1. The lowest BCUT2D eigenvalue weighted by atomic mass is 9.99. The molecule has 0 spiro atoms. The van der Waals surface area contributed by atoms with Crippen LogP contribution in [0.25, 0.3) is 0 Å². The predicted molar refractivity (Wildman–Crippen MR) is 115 cm³/mol. The Morgan fingerprint density at radius 3 is 2.55 bits per heavy atom. The molecular weight excluding hydrogens is 437 g/mol. The first-order valence-electron chi connectivity index (χ1n) is 10.3. The van der Waals surface area contributed by atoms with Crippen LogP contribution in [0.15, 0.2) is 18.3 Å². The largest absolute Gasteiger partial charge is 0.348 e. The van der Waals surface area contributed by atoms with Gasteiger partial charge in [0.2, 0.25) is 11.9 Å². The van der Waals surface area contributed by atoms with Gasteiger partial charge in [-0.3, -0.25) is 4.79 Å². The fourth-order valence-corrected chi connectivity index (χ4v) is 3.85. The van der Waals surface area contributed by atoms with Gasteiger partial charge in [0.1, 0.15) is 17.4 Å². The zero-order valence-electron chi connectivity index (χ0n) is 18.5. The van der Waals surface area contributed by atoms with Crippen LogP contribution in [0.3, 0.4) is 0 Å². The lowest BCUT2D eigenvalue weighted by Gasteiger charge is -2.36. The van der Waals surface area contributed by atoms with Gasteiger partial charge in [-0.2, -0.15) is 4.98 Å². The Balaban J connectivity index is 1.47. The van der Waals surface area contributed by atoms with E-state index in [9.17, 15) is 18.0 Å². The Labute approximate surface area is 188 Å². The molecule has 1 aliphatic heterocycles. The first-order valence-corrected chi connectivity index (χ1v) is 10.3. The van der Waals surface area contributed by atoms with Crippen molar-refractivity contribution in [3.63, 3.8) is 0 Å². The number of hydrogen-bond donors (Lipinski definition) is 2. The molecule has 1 amide bonds. The van der Waals surface area contributed by atoms with Crippen LogP contribution < -0.4 is 15.5 Å². The molecule has 12 heteroatoms. The van der Waals surface area contributed by atoms with E-state index in [2.05, 4.69) is 30.9 Å². The highest BCUT2D eigenvalue weighted by Gasteiger charge is 2.35. The monoisotopic (exact) mass is 460 g/mol. The molecule has 174 valence electrons. The number of benzene rings is 1. The maximum atomic E-state index is 13.4. The van der Waals surface area contributed by atoms with E-state index in [1.54, 1.807) is 13.1 Å². The third-order valence-electron chi connectivity index (χ3n) is 5.37. The molecule has 1 atom stereocenters. The van der Waals surface area contributed by atoms with Crippen molar-refractivity contribution in [2.75, 3.05) is 22.6 Å². The molecule has 33 heavy (non-hydrogen) atoms. The van der Waals surface area contributed by atoms with E-state index < -0.39 is 17.5 Å². The molecule has 1 unspecified atom stereocenters. The van der Waals surface area contributed by atoms with Crippen LogP contribution >= 0.6 is 0 Å². The number of rotatable bonds is 6. The molecule has 0 saturated carbocycles. The van der Waals surface area contributed by atoms with Gasteiger partial charge in [0.05, 0.1) is 25.0 Å². The van der Waals surface area contributed by atoms with Crippen LogP contribution in [0.1, 0.15) is 30.8 Å². The Bertz CT molecular complexity index is 1190. The summed E-state index contributed by atoms with van der Waals surface area (Å²) in [4.78, 5) is 23.2. The molecule has 0 bridgehead atoms. The number of nitrogens with zero attached hydrogens (tertiary/aromatic N) is 6. The van der Waals surface area contributed by atoms with Crippen LogP contribution in [0, 0.1) is 30.3 Å². The number of carbonyl (C=O) groups excluding carboxylic acids is 1. The molecule has 4 rings (SSSR count). The summed E-state index contributed by atoms with van der Waals surface area (Å²) in [5, 5.41) is 13.9. The maximum Gasteiger partial charge on any atom is 0.247 e. The average Bonchev–Trinajstić information content (AvgIpc) is 3.18. The van der Waals surface area contributed by atoms with Gasteiger partial charge in [-0.05, 0) is 30.5 Å². The highest BCUT2D eigenvalue weighted by atomic mass is 19.2. The normalized spacial score (nSPS) is 15.6. The maximum absolute atomic E-state index is 13.4. The van der Waals surface area contributed by atoms with Crippen LogP contribution in [0.5, 0.6) is 0 Å². The Hall–Kier alpha value is -3.70. The van der Waals surface area contributed by atoms with Gasteiger partial charge in [-0.15, -0.1) is 5.10 Å². The fraction of sp³-hybridized carbons (Fsp3) is 0.381. The number of nitrogens with one attached hydrogen (secondary N) is 2. The number of aromatic nitrogens is 5. The van der Waals surface area contributed by atoms with Gasteiger partial charge >= 0.3 is 0 Å². The second-order valence-electron chi connectivity index (χ2n) is 8.25. The van der Waals surface area contributed by atoms with Gasteiger partial charge in [0.15, 0.2) is 23.3 Å². The molecule has 2 aromatic heterocycles. The molecule has 2 N–H and O–H groups in total. The van der Waals surface area contributed by atoms with Gasteiger partial charge in [-0.1, -0.05) is 19.1 Å². The second-order valence-corrected chi connectivity index (χ2v) is 8.25. The summed E-state index contributed by atoms with van der Waals surface area (Å²) in [7, 11) is 1.82. The molecule has 0 fully saturated rings. The van der Waals surface area contributed by atoms with Crippen molar-refractivity contribution < 1.29 is 18.0 Å². The van der Waals surface area contributed by atoms with E-state index in [1.807, 2.05) is 25.8 Å². The SMILES string of the molecule is Cc1nc(NCc2cn(Cc3cc(F)c(F)c(F)c3)nn2)nc2c1NC(=O)C(C(C)C)N2C. The van der Waals surface area contributed by atoms with E-state index in [4.69, 9.17) is 0 Å². The number of carbonyl (C=O) groups is 1. The van der Waals surface area contributed by atoms with E-state index in [1.165, 1.54) is 4.68 Å². The van der Waals surface area contributed by atoms with Crippen LogP contribution in [0.4, 0.5) is 30.6 Å². The van der Waals surface area contributed by atoms with Crippen molar-refractivity contribution in [2.45, 2.75) is 39.9 Å². The van der Waals surface area contributed by atoms with E-state index in [-0.39, 0.29) is 36.5 Å². The van der Waals surface area contributed by atoms with Crippen molar-refractivity contribution in [1.29, 1.82) is 0 Å². The third-order valence-corrected chi connectivity index (χ3v) is 5.37. The summed E-state index contributed by atoms with van der Waals surface area (Å²) in [6.45, 7) is 5.99. The van der Waals surface area contributed by atoms with Gasteiger partial charge < -0.3 is 15.5 Å². The molecule has 0 saturated heterocycles. The first-order chi connectivity index (χ1) is 15.6. The molecule has 3 aromatic rings. The number of halogens is 3. The molecule has 1 aromatic carbocycles. The fourth-order valence-electron chi connectivity index (χ4n) is 3.85. The van der Waals surface area contributed by atoms with Crippen LogP contribution in [0.2, 0.25) is 0 Å². The Morgan fingerprint density at radius 2 is 1.88 bits per heavy atom. The summed E-state index contributed by atoms with van der Waals surface area (Å²) in [5.74, 6) is -3.05. The molecule has 9 nitrogen and oxygen atoms in total. The molecule has 0 radical (unpaired) electrons. The summed E-state index contributed by atoms with van der Waals surface area (Å²) in [6.07, 6.45) is 1.60. The lowest BCUT2D eigenvalue weighted by Crippen LogP contribution is -2.49. The number of likely N-dealkylation sites (N-methyl/N-ethyl adjacent to an activating group) is 1. The third kappa shape index (κ3) is 4.45. The Morgan fingerprint density at radius 1 is 1.18 bits per heavy atom. The van der Waals surface area contributed by atoms with Gasteiger partial charge in [0.25, 0.3) is 0 Å². The minimum Gasteiger partial charge on any atom is -0.348 e. The van der Waals surface area contributed by atoms with Crippen LogP contribution in [-0.2, 0) is 17.9 Å². The Kier molecular flexibility index (Phi) is 5.91. The summed E-state index contributed by atoms with van der Waals surface area (Å²) < 4.78 is 41.3. The smallest absolute Gasteiger partial charge is 0.247 e. The quantitative estimate of drug-likeness (QED) is 0.546. The summed E-state index contributed by atoms with van der Waals surface area (Å²) in [6, 6.07) is 1.49. The topological polar surface area (TPSA) is 101 Å².